The number of hydrogen-bond acceptors (Lipinski definition) is 5. The third kappa shape index (κ3) is 5.97. The minimum atomic E-state index is -3.65. The molecule has 1 atom stereocenters. The predicted octanol–water partition coefficient (Wildman–Crippen LogP) is 0.0618. The maximum absolute atomic E-state index is 11.9. The van der Waals surface area contributed by atoms with Gasteiger partial charge in [0.15, 0.2) is 0 Å². The SMILES string of the molecule is COCCNS(=O)(=O)c1ccc(C(=O)NCC(C)C(=O)O)cc1. The average Bonchev–Trinajstić information content (AvgIpc) is 2.52. The smallest absolute Gasteiger partial charge is 0.308 e. The fraction of sp³-hybridized carbons (Fsp3) is 0.429. The molecule has 1 aromatic carbocycles. The van der Waals surface area contributed by atoms with Gasteiger partial charge < -0.3 is 15.2 Å². The Labute approximate surface area is 134 Å². The van der Waals surface area contributed by atoms with Gasteiger partial charge in [0.25, 0.3) is 5.91 Å². The number of sulfonamides is 1. The van der Waals surface area contributed by atoms with Crippen LogP contribution in [0.1, 0.15) is 17.3 Å². The van der Waals surface area contributed by atoms with Crippen LogP contribution in [0.3, 0.4) is 0 Å². The zero-order chi connectivity index (χ0) is 17.5. The van der Waals surface area contributed by atoms with Gasteiger partial charge in [-0.2, -0.15) is 0 Å². The summed E-state index contributed by atoms with van der Waals surface area (Å²) in [5.41, 5.74) is 0.249. The molecule has 128 valence electrons. The van der Waals surface area contributed by atoms with Crippen LogP contribution in [0.25, 0.3) is 0 Å². The van der Waals surface area contributed by atoms with Gasteiger partial charge in [0.1, 0.15) is 0 Å². The summed E-state index contributed by atoms with van der Waals surface area (Å²) in [6.45, 7) is 1.87. The largest absolute Gasteiger partial charge is 0.481 e. The second kappa shape index (κ2) is 8.61. The standard InChI is InChI=1S/C14H20N2O6S/c1-10(14(18)19)9-15-13(17)11-3-5-12(6-4-11)23(20,21)16-7-8-22-2/h3-6,10,16H,7-9H2,1-2H3,(H,15,17)(H,18,19). The number of carboxylic acids is 1. The molecule has 0 aromatic heterocycles. The Morgan fingerprint density at radius 2 is 1.87 bits per heavy atom. The van der Waals surface area contributed by atoms with Gasteiger partial charge in [-0.15, -0.1) is 0 Å². The van der Waals surface area contributed by atoms with E-state index in [-0.39, 0.29) is 30.2 Å². The third-order valence-electron chi connectivity index (χ3n) is 3.02. The Bertz CT molecular complexity index is 642. The van der Waals surface area contributed by atoms with Crippen LogP contribution in [-0.4, -0.2) is 52.2 Å². The van der Waals surface area contributed by atoms with Crippen molar-refractivity contribution >= 4 is 21.9 Å². The minimum absolute atomic E-state index is 0.00715. The van der Waals surface area contributed by atoms with Crippen molar-refractivity contribution < 1.29 is 27.9 Å². The molecule has 3 N–H and O–H groups in total. The molecule has 0 bridgehead atoms. The molecule has 0 heterocycles. The van der Waals surface area contributed by atoms with Crippen molar-refractivity contribution in [1.29, 1.82) is 0 Å². The van der Waals surface area contributed by atoms with E-state index in [0.717, 1.165) is 0 Å². The second-order valence-corrected chi connectivity index (χ2v) is 6.63. The Morgan fingerprint density at radius 3 is 2.39 bits per heavy atom. The first-order chi connectivity index (χ1) is 10.8. The van der Waals surface area contributed by atoms with Crippen molar-refractivity contribution in [3.8, 4) is 0 Å². The Kier molecular flexibility index (Phi) is 7.14. The van der Waals surface area contributed by atoms with E-state index < -0.39 is 27.8 Å². The molecule has 0 spiro atoms. The Morgan fingerprint density at radius 1 is 1.26 bits per heavy atom. The molecule has 8 nitrogen and oxygen atoms in total. The van der Waals surface area contributed by atoms with Crippen LogP contribution in [0, 0.1) is 5.92 Å². The number of hydrogen-bond donors (Lipinski definition) is 3. The summed E-state index contributed by atoms with van der Waals surface area (Å²) in [5.74, 6) is -2.17. The summed E-state index contributed by atoms with van der Waals surface area (Å²) in [6.07, 6.45) is 0. The lowest BCUT2D eigenvalue weighted by atomic mass is 10.1. The molecule has 0 aliphatic heterocycles. The number of amides is 1. The number of carbonyl (C=O) groups is 2. The number of aliphatic carboxylic acids is 1. The van der Waals surface area contributed by atoms with E-state index >= 15 is 0 Å². The predicted molar refractivity (Wildman–Crippen MR) is 82.6 cm³/mol. The van der Waals surface area contributed by atoms with Crippen LogP contribution in [0.2, 0.25) is 0 Å². The number of ether oxygens (including phenoxy) is 1. The van der Waals surface area contributed by atoms with Gasteiger partial charge in [-0.3, -0.25) is 9.59 Å². The Balaban J connectivity index is 2.68. The Hall–Kier alpha value is -1.97. The summed E-state index contributed by atoms with van der Waals surface area (Å²) < 4.78 is 31.0. The topological polar surface area (TPSA) is 122 Å². The number of benzene rings is 1. The molecule has 0 aliphatic carbocycles. The molecule has 1 aromatic rings. The first kappa shape index (κ1) is 19.1. The summed E-state index contributed by atoms with van der Waals surface area (Å²) in [7, 11) is -2.19. The van der Waals surface area contributed by atoms with Crippen LogP contribution in [0.4, 0.5) is 0 Å². The monoisotopic (exact) mass is 344 g/mol. The molecule has 1 unspecified atom stereocenters. The average molecular weight is 344 g/mol. The van der Waals surface area contributed by atoms with E-state index in [0.29, 0.717) is 0 Å². The van der Waals surface area contributed by atoms with E-state index in [1.165, 1.54) is 38.3 Å². The fourth-order valence-electron chi connectivity index (χ4n) is 1.58. The summed E-state index contributed by atoms with van der Waals surface area (Å²) in [6, 6.07) is 5.35. The number of nitrogens with one attached hydrogen (secondary N) is 2. The van der Waals surface area contributed by atoms with Gasteiger partial charge in [0.2, 0.25) is 10.0 Å². The van der Waals surface area contributed by atoms with Gasteiger partial charge in [0, 0.05) is 25.8 Å². The summed E-state index contributed by atoms with van der Waals surface area (Å²) in [4.78, 5) is 22.6. The van der Waals surface area contributed by atoms with Gasteiger partial charge in [-0.05, 0) is 24.3 Å². The summed E-state index contributed by atoms with van der Waals surface area (Å²) in [5, 5.41) is 11.2. The first-order valence-electron chi connectivity index (χ1n) is 6.87. The maximum Gasteiger partial charge on any atom is 0.308 e. The van der Waals surface area contributed by atoms with Crippen LogP contribution in [0.15, 0.2) is 29.2 Å². The van der Waals surface area contributed by atoms with Crippen LogP contribution in [0.5, 0.6) is 0 Å². The van der Waals surface area contributed by atoms with Crippen LogP contribution in [-0.2, 0) is 19.6 Å². The zero-order valence-corrected chi connectivity index (χ0v) is 13.7. The second-order valence-electron chi connectivity index (χ2n) is 4.86. The van der Waals surface area contributed by atoms with E-state index in [1.54, 1.807) is 0 Å². The molecule has 0 fully saturated rings. The maximum atomic E-state index is 11.9. The molecule has 23 heavy (non-hydrogen) atoms. The van der Waals surface area contributed by atoms with Gasteiger partial charge in [-0.25, -0.2) is 13.1 Å². The van der Waals surface area contributed by atoms with Crippen LogP contribution >= 0.6 is 0 Å². The molecule has 0 radical (unpaired) electrons. The quantitative estimate of drug-likeness (QED) is 0.545. The lowest BCUT2D eigenvalue weighted by molar-refractivity contribution is -0.140. The van der Waals surface area contributed by atoms with Gasteiger partial charge in [0.05, 0.1) is 17.4 Å². The number of rotatable bonds is 9. The highest BCUT2D eigenvalue weighted by molar-refractivity contribution is 7.89. The van der Waals surface area contributed by atoms with Crippen molar-refractivity contribution in [2.24, 2.45) is 5.92 Å². The van der Waals surface area contributed by atoms with Crippen molar-refractivity contribution in [3.05, 3.63) is 29.8 Å². The highest BCUT2D eigenvalue weighted by Gasteiger charge is 2.16. The van der Waals surface area contributed by atoms with Crippen molar-refractivity contribution in [1.82, 2.24) is 10.0 Å². The molecule has 0 aliphatic rings. The number of carbonyl (C=O) groups excluding carboxylic acids is 1. The van der Waals surface area contributed by atoms with E-state index in [4.69, 9.17) is 9.84 Å². The normalized spacial score (nSPS) is 12.6. The summed E-state index contributed by atoms with van der Waals surface area (Å²) >= 11 is 0. The van der Waals surface area contributed by atoms with Crippen molar-refractivity contribution in [2.45, 2.75) is 11.8 Å². The van der Waals surface area contributed by atoms with Crippen molar-refractivity contribution in [2.75, 3.05) is 26.8 Å². The highest BCUT2D eigenvalue weighted by atomic mass is 32.2. The molecule has 0 saturated heterocycles. The van der Waals surface area contributed by atoms with Gasteiger partial charge >= 0.3 is 5.97 Å². The molecule has 1 rings (SSSR count). The molecular weight excluding hydrogens is 324 g/mol. The van der Waals surface area contributed by atoms with Crippen LogP contribution < -0.4 is 10.0 Å². The van der Waals surface area contributed by atoms with E-state index in [1.807, 2.05) is 0 Å². The minimum Gasteiger partial charge on any atom is -0.481 e. The van der Waals surface area contributed by atoms with E-state index in [9.17, 15) is 18.0 Å². The molecule has 1 amide bonds. The lowest BCUT2D eigenvalue weighted by Crippen LogP contribution is -2.31. The molecule has 0 saturated carbocycles. The fourth-order valence-corrected chi connectivity index (χ4v) is 2.60. The third-order valence-corrected chi connectivity index (χ3v) is 4.49. The number of methoxy groups -OCH3 is 1. The van der Waals surface area contributed by atoms with Gasteiger partial charge in [-0.1, -0.05) is 6.92 Å². The van der Waals surface area contributed by atoms with Crippen molar-refractivity contribution in [3.63, 3.8) is 0 Å². The first-order valence-corrected chi connectivity index (χ1v) is 8.36. The lowest BCUT2D eigenvalue weighted by Gasteiger charge is -2.09. The number of carboxylic acid groups (broad SMARTS) is 1. The zero-order valence-electron chi connectivity index (χ0n) is 12.9. The van der Waals surface area contributed by atoms with E-state index in [2.05, 4.69) is 10.0 Å². The molecule has 9 heteroatoms. The molecular formula is C14H20N2O6S. The highest BCUT2D eigenvalue weighted by Crippen LogP contribution is 2.10.